The van der Waals surface area contributed by atoms with Crippen molar-refractivity contribution < 1.29 is 13.2 Å². The standard InChI is InChI=1S/C15H26N2O3S/c1-5-7-12(3)17-21(18,19)14-8-9-15(20-6-2)13(10-14)11-16-4/h8-10,12,16-17H,5-7,11H2,1-4H3. The van der Waals surface area contributed by atoms with Gasteiger partial charge in [-0.25, -0.2) is 13.1 Å². The third-order valence-electron chi connectivity index (χ3n) is 3.09. The number of rotatable bonds is 9. The highest BCUT2D eigenvalue weighted by Gasteiger charge is 2.18. The lowest BCUT2D eigenvalue weighted by Crippen LogP contribution is -2.32. The van der Waals surface area contributed by atoms with Crippen LogP contribution in [-0.4, -0.2) is 28.1 Å². The highest BCUT2D eigenvalue weighted by Crippen LogP contribution is 2.23. The summed E-state index contributed by atoms with van der Waals surface area (Å²) in [6.45, 7) is 6.93. The summed E-state index contributed by atoms with van der Waals surface area (Å²) < 4.78 is 33.0. The number of hydrogen-bond acceptors (Lipinski definition) is 4. The largest absolute Gasteiger partial charge is 0.494 e. The van der Waals surface area contributed by atoms with Gasteiger partial charge in [0.25, 0.3) is 0 Å². The average Bonchev–Trinajstić information content (AvgIpc) is 2.40. The molecule has 1 aromatic rings. The van der Waals surface area contributed by atoms with Crippen LogP contribution in [0, 0.1) is 0 Å². The molecular weight excluding hydrogens is 288 g/mol. The number of sulfonamides is 1. The fourth-order valence-electron chi connectivity index (χ4n) is 2.17. The van der Waals surface area contributed by atoms with Gasteiger partial charge in [0.2, 0.25) is 10.0 Å². The number of nitrogens with one attached hydrogen (secondary N) is 2. The topological polar surface area (TPSA) is 67.4 Å². The van der Waals surface area contributed by atoms with Crippen LogP contribution >= 0.6 is 0 Å². The Morgan fingerprint density at radius 1 is 1.29 bits per heavy atom. The van der Waals surface area contributed by atoms with E-state index in [0.29, 0.717) is 18.9 Å². The first kappa shape index (κ1) is 17.9. The van der Waals surface area contributed by atoms with Crippen LogP contribution < -0.4 is 14.8 Å². The molecule has 0 saturated heterocycles. The van der Waals surface area contributed by atoms with Gasteiger partial charge in [0.15, 0.2) is 0 Å². The molecule has 1 unspecified atom stereocenters. The van der Waals surface area contributed by atoms with E-state index < -0.39 is 10.0 Å². The molecule has 1 rings (SSSR count). The van der Waals surface area contributed by atoms with E-state index in [1.165, 1.54) is 0 Å². The van der Waals surface area contributed by atoms with Gasteiger partial charge in [-0.2, -0.15) is 0 Å². The highest BCUT2D eigenvalue weighted by atomic mass is 32.2. The molecule has 0 aliphatic rings. The third-order valence-corrected chi connectivity index (χ3v) is 4.67. The minimum atomic E-state index is -3.49. The van der Waals surface area contributed by atoms with Crippen LogP contribution in [0.25, 0.3) is 0 Å². The summed E-state index contributed by atoms with van der Waals surface area (Å²) >= 11 is 0. The molecular formula is C15H26N2O3S. The number of hydrogen-bond donors (Lipinski definition) is 2. The maximum atomic E-state index is 12.4. The van der Waals surface area contributed by atoms with Gasteiger partial charge < -0.3 is 10.1 Å². The molecule has 0 fully saturated rings. The van der Waals surface area contributed by atoms with Crippen molar-refractivity contribution >= 4 is 10.0 Å². The van der Waals surface area contributed by atoms with Gasteiger partial charge in [-0.15, -0.1) is 0 Å². The van der Waals surface area contributed by atoms with Crippen LogP contribution in [0.4, 0.5) is 0 Å². The summed E-state index contributed by atoms with van der Waals surface area (Å²) in [6.07, 6.45) is 1.76. The van der Waals surface area contributed by atoms with Crippen molar-refractivity contribution in [2.24, 2.45) is 0 Å². The predicted octanol–water partition coefficient (Wildman–Crippen LogP) is 2.27. The summed E-state index contributed by atoms with van der Waals surface area (Å²) in [6, 6.07) is 4.90. The summed E-state index contributed by atoms with van der Waals surface area (Å²) in [4.78, 5) is 0.277. The lowest BCUT2D eigenvalue weighted by atomic mass is 10.2. The molecule has 0 radical (unpaired) electrons. The Morgan fingerprint density at radius 2 is 2.00 bits per heavy atom. The Morgan fingerprint density at radius 3 is 2.57 bits per heavy atom. The van der Waals surface area contributed by atoms with E-state index in [1.54, 1.807) is 18.2 Å². The normalized spacial score (nSPS) is 13.1. The van der Waals surface area contributed by atoms with Crippen LogP contribution in [0.2, 0.25) is 0 Å². The van der Waals surface area contributed by atoms with Gasteiger partial charge in [0, 0.05) is 18.2 Å². The van der Waals surface area contributed by atoms with Crippen molar-refractivity contribution in [2.75, 3.05) is 13.7 Å². The van der Waals surface area contributed by atoms with Crippen LogP contribution in [-0.2, 0) is 16.6 Å². The zero-order valence-electron chi connectivity index (χ0n) is 13.3. The Bertz CT molecular complexity index is 544. The molecule has 0 spiro atoms. The molecule has 120 valence electrons. The average molecular weight is 314 g/mol. The van der Waals surface area contributed by atoms with Gasteiger partial charge in [0.1, 0.15) is 5.75 Å². The van der Waals surface area contributed by atoms with Gasteiger partial charge in [-0.3, -0.25) is 0 Å². The van der Waals surface area contributed by atoms with Crippen molar-refractivity contribution in [2.45, 2.75) is 51.1 Å². The first-order valence-corrected chi connectivity index (χ1v) is 8.85. The van der Waals surface area contributed by atoms with Gasteiger partial charge in [-0.1, -0.05) is 13.3 Å². The van der Waals surface area contributed by atoms with E-state index >= 15 is 0 Å². The molecule has 6 heteroatoms. The van der Waals surface area contributed by atoms with Crippen LogP contribution in [0.15, 0.2) is 23.1 Å². The molecule has 0 aliphatic heterocycles. The molecule has 1 atom stereocenters. The van der Waals surface area contributed by atoms with E-state index in [1.807, 2.05) is 27.8 Å². The molecule has 21 heavy (non-hydrogen) atoms. The van der Waals surface area contributed by atoms with Crippen molar-refractivity contribution in [3.05, 3.63) is 23.8 Å². The molecule has 2 N–H and O–H groups in total. The second kappa shape index (κ2) is 8.36. The number of benzene rings is 1. The maximum Gasteiger partial charge on any atom is 0.240 e. The van der Waals surface area contributed by atoms with E-state index in [2.05, 4.69) is 10.0 Å². The SMILES string of the molecule is CCCC(C)NS(=O)(=O)c1ccc(OCC)c(CNC)c1. The summed E-state index contributed by atoms with van der Waals surface area (Å²) in [5.41, 5.74) is 0.838. The molecule has 0 aromatic heterocycles. The van der Waals surface area contributed by atoms with Crippen molar-refractivity contribution in [1.82, 2.24) is 10.0 Å². The number of ether oxygens (including phenoxy) is 1. The van der Waals surface area contributed by atoms with Crippen molar-refractivity contribution in [3.8, 4) is 5.75 Å². The second-order valence-corrected chi connectivity index (χ2v) is 6.76. The molecule has 0 saturated carbocycles. The second-order valence-electron chi connectivity index (χ2n) is 5.04. The minimum Gasteiger partial charge on any atom is -0.494 e. The minimum absolute atomic E-state index is 0.0701. The van der Waals surface area contributed by atoms with E-state index in [4.69, 9.17) is 4.74 Å². The van der Waals surface area contributed by atoms with Crippen molar-refractivity contribution in [1.29, 1.82) is 0 Å². The van der Waals surface area contributed by atoms with E-state index in [-0.39, 0.29) is 10.9 Å². The molecule has 0 heterocycles. The van der Waals surface area contributed by atoms with Gasteiger partial charge >= 0.3 is 0 Å². The summed E-state index contributed by atoms with van der Waals surface area (Å²) in [5.74, 6) is 0.715. The molecule has 1 aromatic carbocycles. The maximum absolute atomic E-state index is 12.4. The lowest BCUT2D eigenvalue weighted by molar-refractivity contribution is 0.335. The molecule has 0 amide bonds. The highest BCUT2D eigenvalue weighted by molar-refractivity contribution is 7.89. The monoisotopic (exact) mass is 314 g/mol. The zero-order chi connectivity index (χ0) is 15.9. The van der Waals surface area contributed by atoms with E-state index in [0.717, 1.165) is 18.4 Å². The smallest absolute Gasteiger partial charge is 0.240 e. The van der Waals surface area contributed by atoms with Crippen LogP contribution in [0.5, 0.6) is 5.75 Å². The third kappa shape index (κ3) is 5.30. The first-order chi connectivity index (χ1) is 9.94. The fraction of sp³-hybridized carbons (Fsp3) is 0.600. The van der Waals surface area contributed by atoms with Crippen molar-refractivity contribution in [3.63, 3.8) is 0 Å². The quantitative estimate of drug-likeness (QED) is 0.734. The summed E-state index contributed by atoms with van der Waals surface area (Å²) in [5, 5.41) is 3.03. The van der Waals surface area contributed by atoms with Gasteiger partial charge in [0.05, 0.1) is 11.5 Å². The molecule has 0 bridgehead atoms. The molecule has 0 aliphatic carbocycles. The Labute approximate surface area is 128 Å². The Kier molecular flexibility index (Phi) is 7.14. The Balaban J connectivity index is 3.04. The summed E-state index contributed by atoms with van der Waals surface area (Å²) in [7, 11) is -1.67. The first-order valence-electron chi connectivity index (χ1n) is 7.37. The predicted molar refractivity (Wildman–Crippen MR) is 85.1 cm³/mol. The molecule has 5 nitrogen and oxygen atoms in total. The van der Waals surface area contributed by atoms with Crippen LogP contribution in [0.3, 0.4) is 0 Å². The Hall–Kier alpha value is -1.11. The fourth-order valence-corrected chi connectivity index (χ4v) is 3.50. The van der Waals surface area contributed by atoms with Crippen LogP contribution in [0.1, 0.15) is 39.2 Å². The van der Waals surface area contributed by atoms with E-state index in [9.17, 15) is 8.42 Å². The zero-order valence-corrected chi connectivity index (χ0v) is 14.1. The lowest BCUT2D eigenvalue weighted by Gasteiger charge is -2.15. The van der Waals surface area contributed by atoms with Gasteiger partial charge in [-0.05, 0) is 45.5 Å².